The van der Waals surface area contributed by atoms with Crippen molar-refractivity contribution in [2.75, 3.05) is 6.54 Å². The molecule has 0 aliphatic heterocycles. The number of rotatable bonds is 5. The van der Waals surface area contributed by atoms with Crippen LogP contribution in [0.1, 0.15) is 38.2 Å². The summed E-state index contributed by atoms with van der Waals surface area (Å²) in [5.41, 5.74) is 0.896. The van der Waals surface area contributed by atoms with Crippen molar-refractivity contribution in [3.05, 3.63) is 23.6 Å². The largest absolute Gasteiger partial charge is 0.340 e. The van der Waals surface area contributed by atoms with E-state index in [1.807, 2.05) is 10.9 Å². The van der Waals surface area contributed by atoms with Gasteiger partial charge in [-0.05, 0) is 20.8 Å². The van der Waals surface area contributed by atoms with E-state index in [0.29, 0.717) is 12.4 Å². The van der Waals surface area contributed by atoms with Gasteiger partial charge in [-0.1, -0.05) is 10.4 Å². The molecule has 0 fully saturated rings. The summed E-state index contributed by atoms with van der Waals surface area (Å²) in [6.07, 6.45) is 2.70. The molecular formula is C12H20N6O. The van der Waals surface area contributed by atoms with E-state index in [9.17, 15) is 0 Å². The van der Waals surface area contributed by atoms with Gasteiger partial charge in [-0.3, -0.25) is 0 Å². The maximum absolute atomic E-state index is 4.91. The van der Waals surface area contributed by atoms with Crippen LogP contribution in [0, 0.1) is 6.92 Å². The Morgan fingerprint density at radius 3 is 2.74 bits per heavy atom. The van der Waals surface area contributed by atoms with E-state index in [2.05, 4.69) is 46.5 Å². The lowest BCUT2D eigenvalue weighted by molar-refractivity contribution is 0.347. The molecule has 7 heteroatoms. The van der Waals surface area contributed by atoms with Gasteiger partial charge in [0.1, 0.15) is 0 Å². The molecular weight excluding hydrogens is 244 g/mol. The van der Waals surface area contributed by atoms with Crippen molar-refractivity contribution in [1.29, 1.82) is 0 Å². The number of nitrogens with zero attached hydrogens (tertiary/aromatic N) is 5. The van der Waals surface area contributed by atoms with Crippen LogP contribution in [0.15, 0.2) is 10.7 Å². The first kappa shape index (κ1) is 13.7. The average molecular weight is 264 g/mol. The Hall–Kier alpha value is -1.76. The Morgan fingerprint density at radius 2 is 2.16 bits per heavy atom. The van der Waals surface area contributed by atoms with Gasteiger partial charge in [-0.2, -0.15) is 4.98 Å². The third-order valence-corrected chi connectivity index (χ3v) is 2.63. The first-order valence-electron chi connectivity index (χ1n) is 6.37. The van der Waals surface area contributed by atoms with Crippen molar-refractivity contribution in [2.24, 2.45) is 0 Å². The summed E-state index contributed by atoms with van der Waals surface area (Å²) >= 11 is 0. The van der Waals surface area contributed by atoms with Crippen LogP contribution >= 0.6 is 0 Å². The van der Waals surface area contributed by atoms with Crippen LogP contribution in [-0.2, 0) is 18.5 Å². The Balaban J connectivity index is 1.75. The van der Waals surface area contributed by atoms with Gasteiger partial charge in [-0.25, -0.2) is 4.68 Å². The van der Waals surface area contributed by atoms with Crippen LogP contribution < -0.4 is 5.32 Å². The van der Waals surface area contributed by atoms with Crippen LogP contribution in [0.25, 0.3) is 0 Å². The molecule has 104 valence electrons. The van der Waals surface area contributed by atoms with Gasteiger partial charge in [0, 0.05) is 26.4 Å². The molecule has 0 saturated heterocycles. The highest BCUT2D eigenvalue weighted by molar-refractivity contribution is 4.94. The maximum Gasteiger partial charge on any atom is 0.223 e. The second kappa shape index (κ2) is 5.48. The zero-order valence-corrected chi connectivity index (χ0v) is 11.8. The van der Waals surface area contributed by atoms with Gasteiger partial charge in [0.25, 0.3) is 0 Å². The van der Waals surface area contributed by atoms with Crippen LogP contribution in [0.4, 0.5) is 0 Å². The molecule has 19 heavy (non-hydrogen) atoms. The minimum Gasteiger partial charge on any atom is -0.340 e. The molecule has 0 atom stereocenters. The third-order valence-electron chi connectivity index (χ3n) is 2.63. The summed E-state index contributed by atoms with van der Waals surface area (Å²) in [5, 5.41) is 15.4. The van der Waals surface area contributed by atoms with Crippen LogP contribution in [0.5, 0.6) is 0 Å². The molecule has 2 heterocycles. The summed E-state index contributed by atoms with van der Waals surface area (Å²) in [6.45, 7) is 9.54. The fourth-order valence-electron chi connectivity index (χ4n) is 1.57. The van der Waals surface area contributed by atoms with Gasteiger partial charge in [0.05, 0.1) is 17.4 Å². The molecule has 0 aromatic carbocycles. The predicted molar refractivity (Wildman–Crippen MR) is 69.5 cm³/mol. The minimum absolute atomic E-state index is 0.0343. The molecule has 1 N–H and O–H groups in total. The van der Waals surface area contributed by atoms with Gasteiger partial charge >= 0.3 is 0 Å². The summed E-state index contributed by atoms with van der Waals surface area (Å²) in [7, 11) is 0. The van der Waals surface area contributed by atoms with E-state index in [0.717, 1.165) is 24.5 Å². The highest BCUT2D eigenvalue weighted by atomic mass is 16.5. The topological polar surface area (TPSA) is 81.7 Å². The molecule has 0 spiro atoms. The lowest BCUT2D eigenvalue weighted by Gasteiger charge is -2.17. The fourth-order valence-corrected chi connectivity index (χ4v) is 1.57. The van der Waals surface area contributed by atoms with Gasteiger partial charge in [0.2, 0.25) is 5.89 Å². The number of hydrogen-bond acceptors (Lipinski definition) is 6. The summed E-state index contributed by atoms with van der Waals surface area (Å²) in [5.74, 6) is 1.33. The number of aryl methyl sites for hydroxylation is 1. The van der Waals surface area contributed by atoms with E-state index < -0.39 is 0 Å². The van der Waals surface area contributed by atoms with Gasteiger partial charge in [-0.15, -0.1) is 5.10 Å². The number of nitrogens with one attached hydrogen (secondary N) is 1. The van der Waals surface area contributed by atoms with Crippen molar-refractivity contribution in [3.63, 3.8) is 0 Å². The second-order valence-corrected chi connectivity index (χ2v) is 5.48. The molecule has 0 unspecified atom stereocenters. The maximum atomic E-state index is 4.91. The van der Waals surface area contributed by atoms with E-state index in [1.54, 1.807) is 6.92 Å². The van der Waals surface area contributed by atoms with Crippen molar-refractivity contribution >= 4 is 0 Å². The highest BCUT2D eigenvalue weighted by Crippen LogP contribution is 2.11. The molecule has 0 saturated carbocycles. The van der Waals surface area contributed by atoms with Crippen LogP contribution in [0.2, 0.25) is 0 Å². The molecule has 0 amide bonds. The van der Waals surface area contributed by atoms with E-state index in [-0.39, 0.29) is 5.54 Å². The van der Waals surface area contributed by atoms with E-state index in [4.69, 9.17) is 4.52 Å². The molecule has 2 aromatic heterocycles. The minimum atomic E-state index is -0.0343. The quantitative estimate of drug-likeness (QED) is 0.813. The molecule has 0 aliphatic rings. The first-order chi connectivity index (χ1) is 8.95. The third kappa shape index (κ3) is 3.85. The normalized spacial score (nSPS) is 12.0. The Labute approximate surface area is 112 Å². The molecule has 2 aromatic rings. The smallest absolute Gasteiger partial charge is 0.223 e. The standard InChI is InChI=1S/C12H20N6O/c1-9-14-11(16-19-9)5-6-13-7-10-8-18(17-15-10)12(2,3)4/h8,13H,5-7H2,1-4H3. The Morgan fingerprint density at radius 1 is 1.37 bits per heavy atom. The first-order valence-corrected chi connectivity index (χ1v) is 6.37. The van der Waals surface area contributed by atoms with Crippen molar-refractivity contribution < 1.29 is 4.52 Å². The van der Waals surface area contributed by atoms with Gasteiger partial charge < -0.3 is 9.84 Å². The fraction of sp³-hybridized carbons (Fsp3) is 0.667. The summed E-state index contributed by atoms with van der Waals surface area (Å²) in [6, 6.07) is 0. The summed E-state index contributed by atoms with van der Waals surface area (Å²) < 4.78 is 6.77. The molecule has 0 bridgehead atoms. The lowest BCUT2D eigenvalue weighted by Crippen LogP contribution is -2.22. The lowest BCUT2D eigenvalue weighted by atomic mass is 10.1. The summed E-state index contributed by atoms with van der Waals surface area (Å²) in [4.78, 5) is 4.14. The van der Waals surface area contributed by atoms with Crippen molar-refractivity contribution in [2.45, 2.75) is 46.2 Å². The second-order valence-electron chi connectivity index (χ2n) is 5.48. The molecule has 2 rings (SSSR count). The monoisotopic (exact) mass is 264 g/mol. The van der Waals surface area contributed by atoms with Crippen LogP contribution in [-0.4, -0.2) is 31.7 Å². The highest BCUT2D eigenvalue weighted by Gasteiger charge is 2.14. The van der Waals surface area contributed by atoms with E-state index in [1.165, 1.54) is 0 Å². The Bertz CT molecular complexity index is 524. The van der Waals surface area contributed by atoms with Crippen molar-refractivity contribution in [1.82, 2.24) is 30.5 Å². The SMILES string of the molecule is Cc1nc(CCNCc2cn(C(C)(C)C)nn2)no1. The molecule has 7 nitrogen and oxygen atoms in total. The molecule has 0 radical (unpaired) electrons. The van der Waals surface area contributed by atoms with Crippen molar-refractivity contribution in [3.8, 4) is 0 Å². The Kier molecular flexibility index (Phi) is 3.94. The van der Waals surface area contributed by atoms with E-state index >= 15 is 0 Å². The number of aromatic nitrogens is 5. The van der Waals surface area contributed by atoms with Crippen LogP contribution in [0.3, 0.4) is 0 Å². The molecule has 0 aliphatic carbocycles. The average Bonchev–Trinajstić information content (AvgIpc) is 2.93. The number of hydrogen-bond donors (Lipinski definition) is 1. The zero-order chi connectivity index (χ0) is 13.9. The van der Waals surface area contributed by atoms with Gasteiger partial charge in [0.15, 0.2) is 5.82 Å². The zero-order valence-electron chi connectivity index (χ0n) is 11.8. The predicted octanol–water partition coefficient (Wildman–Crippen LogP) is 1.06.